The first kappa shape index (κ1) is 15.3. The van der Waals surface area contributed by atoms with Crippen LogP contribution >= 0.6 is 0 Å². The molecule has 3 aromatic rings. The molecule has 0 radical (unpaired) electrons. The number of hydrogen-bond donors (Lipinski definition) is 2. The number of nitrogens with zero attached hydrogens (tertiary/aromatic N) is 1. The lowest BCUT2D eigenvalue weighted by Crippen LogP contribution is -2.31. The van der Waals surface area contributed by atoms with Gasteiger partial charge in [-0.25, -0.2) is 13.4 Å². The van der Waals surface area contributed by atoms with Gasteiger partial charge >= 0.3 is 0 Å². The normalized spacial score (nSPS) is 13.1. The molecule has 2 N–H and O–H groups in total. The molecular formula is C15H15N3O4S. The second kappa shape index (κ2) is 5.54. The number of anilines is 1. The van der Waals surface area contributed by atoms with Gasteiger partial charge in [0.05, 0.1) is 17.3 Å². The van der Waals surface area contributed by atoms with Crippen LogP contribution in [0.15, 0.2) is 41.0 Å². The SMILES string of the molecule is CC(C(=O)Nc1ccc2nc(-c3ccco3)[nH]c2c1)S(C)(=O)=O. The van der Waals surface area contributed by atoms with Gasteiger partial charge in [0.15, 0.2) is 21.4 Å². The van der Waals surface area contributed by atoms with Crippen molar-refractivity contribution in [2.24, 2.45) is 0 Å². The molecule has 120 valence electrons. The largest absolute Gasteiger partial charge is 0.461 e. The lowest BCUT2D eigenvalue weighted by Gasteiger charge is -2.10. The number of fused-ring (bicyclic) bond motifs is 1. The molecule has 2 heterocycles. The van der Waals surface area contributed by atoms with Crippen LogP contribution in [-0.4, -0.2) is 35.8 Å². The molecule has 1 unspecified atom stereocenters. The van der Waals surface area contributed by atoms with E-state index in [4.69, 9.17) is 4.42 Å². The van der Waals surface area contributed by atoms with Crippen molar-refractivity contribution >= 4 is 32.5 Å². The van der Waals surface area contributed by atoms with Crippen LogP contribution in [0.5, 0.6) is 0 Å². The van der Waals surface area contributed by atoms with Gasteiger partial charge in [-0.15, -0.1) is 0 Å². The molecule has 1 atom stereocenters. The van der Waals surface area contributed by atoms with Crippen molar-refractivity contribution in [1.29, 1.82) is 0 Å². The molecule has 23 heavy (non-hydrogen) atoms. The van der Waals surface area contributed by atoms with Crippen molar-refractivity contribution in [3.05, 3.63) is 36.6 Å². The van der Waals surface area contributed by atoms with Crippen LogP contribution in [0.3, 0.4) is 0 Å². The lowest BCUT2D eigenvalue weighted by molar-refractivity contribution is -0.115. The predicted octanol–water partition coefficient (Wildman–Crippen LogP) is 2.19. The number of rotatable bonds is 4. The van der Waals surface area contributed by atoms with Crippen molar-refractivity contribution in [2.45, 2.75) is 12.2 Å². The molecule has 0 spiro atoms. The van der Waals surface area contributed by atoms with Crippen molar-refractivity contribution in [3.63, 3.8) is 0 Å². The number of aromatic amines is 1. The molecule has 0 aliphatic rings. The van der Waals surface area contributed by atoms with E-state index in [1.807, 2.05) is 0 Å². The number of benzene rings is 1. The molecule has 0 aliphatic heterocycles. The summed E-state index contributed by atoms with van der Waals surface area (Å²) >= 11 is 0. The third kappa shape index (κ3) is 3.11. The highest BCUT2D eigenvalue weighted by molar-refractivity contribution is 7.92. The van der Waals surface area contributed by atoms with Gasteiger partial charge in [-0.1, -0.05) is 0 Å². The number of hydrogen-bond acceptors (Lipinski definition) is 5. The van der Waals surface area contributed by atoms with E-state index in [0.29, 0.717) is 28.3 Å². The highest BCUT2D eigenvalue weighted by atomic mass is 32.2. The number of furan rings is 1. The zero-order chi connectivity index (χ0) is 16.6. The summed E-state index contributed by atoms with van der Waals surface area (Å²) < 4.78 is 28.1. The van der Waals surface area contributed by atoms with Crippen LogP contribution in [-0.2, 0) is 14.6 Å². The fraction of sp³-hybridized carbons (Fsp3) is 0.200. The van der Waals surface area contributed by atoms with E-state index in [-0.39, 0.29) is 0 Å². The topological polar surface area (TPSA) is 105 Å². The van der Waals surface area contributed by atoms with E-state index in [0.717, 1.165) is 6.26 Å². The third-order valence-corrected chi connectivity index (χ3v) is 5.01. The summed E-state index contributed by atoms with van der Waals surface area (Å²) in [5, 5.41) is 1.48. The van der Waals surface area contributed by atoms with Crippen molar-refractivity contribution in [3.8, 4) is 11.6 Å². The summed E-state index contributed by atoms with van der Waals surface area (Å²) in [4.78, 5) is 19.4. The Morgan fingerprint density at radius 2 is 2.13 bits per heavy atom. The average Bonchev–Trinajstić information content (AvgIpc) is 3.13. The number of carbonyl (C=O) groups is 1. The number of sulfone groups is 1. The predicted molar refractivity (Wildman–Crippen MR) is 86.7 cm³/mol. The number of carbonyl (C=O) groups excluding carboxylic acids is 1. The Morgan fingerprint density at radius 3 is 2.78 bits per heavy atom. The second-order valence-electron chi connectivity index (χ2n) is 5.26. The first-order chi connectivity index (χ1) is 10.8. The fourth-order valence-electron chi connectivity index (χ4n) is 2.06. The summed E-state index contributed by atoms with van der Waals surface area (Å²) in [5.74, 6) is 0.619. The van der Waals surface area contributed by atoms with Crippen molar-refractivity contribution in [2.75, 3.05) is 11.6 Å². The van der Waals surface area contributed by atoms with Crippen LogP contribution in [0.4, 0.5) is 5.69 Å². The molecule has 3 rings (SSSR count). The molecule has 0 bridgehead atoms. The second-order valence-corrected chi connectivity index (χ2v) is 7.62. The molecule has 1 amide bonds. The van der Waals surface area contributed by atoms with Crippen LogP contribution < -0.4 is 5.32 Å². The van der Waals surface area contributed by atoms with Gasteiger partial charge in [0.25, 0.3) is 0 Å². The molecule has 0 saturated carbocycles. The Labute approximate surface area is 132 Å². The third-order valence-electron chi connectivity index (χ3n) is 3.52. The van der Waals surface area contributed by atoms with Gasteiger partial charge in [-0.3, -0.25) is 4.79 Å². The quantitative estimate of drug-likeness (QED) is 0.761. The maximum absolute atomic E-state index is 12.0. The van der Waals surface area contributed by atoms with E-state index < -0.39 is 21.0 Å². The average molecular weight is 333 g/mol. The fourth-order valence-corrected chi connectivity index (χ4v) is 2.50. The number of imidazole rings is 1. The summed E-state index contributed by atoms with van der Waals surface area (Å²) in [7, 11) is -3.43. The van der Waals surface area contributed by atoms with Gasteiger partial charge in [-0.2, -0.15) is 0 Å². The van der Waals surface area contributed by atoms with Crippen LogP contribution in [0, 0.1) is 0 Å². The van der Waals surface area contributed by atoms with Gasteiger partial charge in [0.1, 0.15) is 5.25 Å². The summed E-state index contributed by atoms with van der Waals surface area (Å²) in [5.41, 5.74) is 1.92. The van der Waals surface area contributed by atoms with Crippen LogP contribution in [0.2, 0.25) is 0 Å². The molecular weight excluding hydrogens is 318 g/mol. The first-order valence-corrected chi connectivity index (χ1v) is 8.83. The van der Waals surface area contributed by atoms with E-state index in [9.17, 15) is 13.2 Å². The highest BCUT2D eigenvalue weighted by Gasteiger charge is 2.23. The first-order valence-electron chi connectivity index (χ1n) is 6.88. The van der Waals surface area contributed by atoms with Crippen molar-refractivity contribution < 1.29 is 17.6 Å². The standard InChI is InChI=1S/C15H15N3O4S/c1-9(23(2,20)21)15(19)16-10-5-6-11-12(8-10)18-14(17-11)13-4-3-7-22-13/h3-9H,1-2H3,(H,16,19)(H,17,18). The van der Waals surface area contributed by atoms with Gasteiger partial charge in [-0.05, 0) is 37.3 Å². The van der Waals surface area contributed by atoms with Crippen molar-refractivity contribution in [1.82, 2.24) is 9.97 Å². The molecule has 8 heteroatoms. The monoisotopic (exact) mass is 333 g/mol. The number of aromatic nitrogens is 2. The summed E-state index contributed by atoms with van der Waals surface area (Å²) in [6, 6.07) is 8.65. The van der Waals surface area contributed by atoms with Gasteiger partial charge < -0.3 is 14.7 Å². The minimum absolute atomic E-state index is 0.493. The Morgan fingerprint density at radius 1 is 1.35 bits per heavy atom. The Kier molecular flexibility index (Phi) is 3.69. The molecule has 0 aliphatic carbocycles. The van der Waals surface area contributed by atoms with E-state index in [1.165, 1.54) is 6.92 Å². The number of amides is 1. The zero-order valence-corrected chi connectivity index (χ0v) is 13.3. The minimum atomic E-state index is -3.43. The molecule has 1 aromatic carbocycles. The Bertz CT molecular complexity index is 958. The molecule has 7 nitrogen and oxygen atoms in total. The summed E-state index contributed by atoms with van der Waals surface area (Å²) in [6.45, 7) is 1.36. The highest BCUT2D eigenvalue weighted by Crippen LogP contribution is 2.23. The summed E-state index contributed by atoms with van der Waals surface area (Å²) in [6.07, 6.45) is 2.59. The smallest absolute Gasteiger partial charge is 0.242 e. The molecule has 0 fully saturated rings. The molecule has 0 saturated heterocycles. The van der Waals surface area contributed by atoms with Gasteiger partial charge in [0.2, 0.25) is 5.91 Å². The maximum Gasteiger partial charge on any atom is 0.242 e. The Hall–Kier alpha value is -2.61. The van der Waals surface area contributed by atoms with Crippen LogP contribution in [0.1, 0.15) is 6.92 Å². The zero-order valence-electron chi connectivity index (χ0n) is 12.5. The number of H-pyrrole nitrogens is 1. The van der Waals surface area contributed by atoms with E-state index >= 15 is 0 Å². The maximum atomic E-state index is 12.0. The number of nitrogens with one attached hydrogen (secondary N) is 2. The lowest BCUT2D eigenvalue weighted by atomic mass is 10.2. The van der Waals surface area contributed by atoms with E-state index in [2.05, 4.69) is 15.3 Å². The minimum Gasteiger partial charge on any atom is -0.461 e. The Balaban J connectivity index is 1.87. The molecule has 2 aromatic heterocycles. The van der Waals surface area contributed by atoms with Crippen LogP contribution in [0.25, 0.3) is 22.6 Å². The van der Waals surface area contributed by atoms with E-state index in [1.54, 1.807) is 36.6 Å². The van der Waals surface area contributed by atoms with Gasteiger partial charge in [0, 0.05) is 11.9 Å².